The topological polar surface area (TPSA) is 79.3 Å². The van der Waals surface area contributed by atoms with E-state index in [1.54, 1.807) is 0 Å². The molecule has 0 bridgehead atoms. The summed E-state index contributed by atoms with van der Waals surface area (Å²) < 4.78 is 26.7. The summed E-state index contributed by atoms with van der Waals surface area (Å²) in [7, 11) is -3.64. The minimum atomic E-state index is -3.64. The van der Waals surface area contributed by atoms with E-state index in [2.05, 4.69) is 16.6 Å². The highest BCUT2D eigenvalue weighted by molar-refractivity contribution is 7.89. The fourth-order valence-electron chi connectivity index (χ4n) is 1.81. The summed E-state index contributed by atoms with van der Waals surface area (Å²) in [6, 6.07) is 10.7. The molecule has 2 N–H and O–H groups in total. The summed E-state index contributed by atoms with van der Waals surface area (Å²) in [6.07, 6.45) is 2.30. The average molecular weight is 306 g/mol. The number of aliphatic hydroxyl groups excluding tert-OH is 1. The van der Waals surface area contributed by atoms with E-state index in [-0.39, 0.29) is 18.2 Å². The van der Waals surface area contributed by atoms with Crippen molar-refractivity contribution in [3.8, 4) is 0 Å². The van der Waals surface area contributed by atoms with Gasteiger partial charge in [-0.3, -0.25) is 0 Å². The van der Waals surface area contributed by atoms with E-state index in [4.69, 9.17) is 5.11 Å². The van der Waals surface area contributed by atoms with Crippen LogP contribution in [0, 0.1) is 0 Å². The average Bonchev–Trinajstić information content (AvgIpc) is 2.53. The Morgan fingerprint density at radius 3 is 2.19 bits per heavy atom. The number of hydrogen-bond acceptors (Lipinski definition) is 4. The molecule has 0 saturated heterocycles. The van der Waals surface area contributed by atoms with Crippen LogP contribution in [0.1, 0.15) is 23.6 Å². The Morgan fingerprint density at radius 2 is 1.67 bits per heavy atom. The number of nitrogens with one attached hydrogen (secondary N) is 1. The Kier molecular flexibility index (Phi) is 5.06. The van der Waals surface area contributed by atoms with E-state index in [0.29, 0.717) is 5.56 Å². The van der Waals surface area contributed by atoms with Gasteiger partial charge in [-0.15, -0.1) is 0 Å². The van der Waals surface area contributed by atoms with Gasteiger partial charge in [0.1, 0.15) is 0 Å². The Hall–Kier alpha value is -1.76. The first kappa shape index (κ1) is 15.6. The maximum atomic E-state index is 12.1. The Morgan fingerprint density at radius 1 is 1.05 bits per heavy atom. The number of aryl methyl sites for hydroxylation is 1. The van der Waals surface area contributed by atoms with Crippen LogP contribution in [0.3, 0.4) is 0 Å². The van der Waals surface area contributed by atoms with Crippen molar-refractivity contribution in [2.24, 2.45) is 0 Å². The first-order valence-electron chi connectivity index (χ1n) is 6.68. The highest BCUT2D eigenvalue weighted by Gasteiger charge is 2.15. The second kappa shape index (κ2) is 6.80. The van der Waals surface area contributed by atoms with Crippen LogP contribution in [0.4, 0.5) is 0 Å². The molecule has 1 aromatic carbocycles. The molecule has 5 nitrogen and oxygen atoms in total. The summed E-state index contributed by atoms with van der Waals surface area (Å²) >= 11 is 0. The molecule has 6 heteroatoms. The van der Waals surface area contributed by atoms with Crippen LogP contribution in [-0.2, 0) is 29.6 Å². The van der Waals surface area contributed by atoms with Crippen molar-refractivity contribution < 1.29 is 13.5 Å². The normalized spacial score (nSPS) is 11.5. The van der Waals surface area contributed by atoms with Crippen LogP contribution in [-0.4, -0.2) is 18.5 Å². The lowest BCUT2D eigenvalue weighted by Crippen LogP contribution is -2.24. The molecule has 1 heterocycles. The standard InChI is InChI=1S/C15H18N2O3S/c1-2-12-3-5-13(6-4-12)10-17-21(19,20)15-8-7-14(11-18)9-16-15/h3-9,17-18H,2,10-11H2,1H3. The number of aromatic nitrogens is 1. The van der Waals surface area contributed by atoms with Crippen molar-refractivity contribution in [2.45, 2.75) is 31.5 Å². The van der Waals surface area contributed by atoms with Crippen molar-refractivity contribution in [1.82, 2.24) is 9.71 Å². The largest absolute Gasteiger partial charge is 0.392 e. The van der Waals surface area contributed by atoms with Gasteiger partial charge in [-0.1, -0.05) is 37.3 Å². The molecule has 0 fully saturated rings. The number of rotatable bonds is 6. The molecule has 112 valence electrons. The monoisotopic (exact) mass is 306 g/mol. The maximum Gasteiger partial charge on any atom is 0.258 e. The lowest BCUT2D eigenvalue weighted by molar-refractivity contribution is 0.281. The lowest BCUT2D eigenvalue weighted by atomic mass is 10.1. The van der Waals surface area contributed by atoms with E-state index in [1.165, 1.54) is 23.9 Å². The predicted molar refractivity (Wildman–Crippen MR) is 80.0 cm³/mol. The fraction of sp³-hybridized carbons (Fsp3) is 0.267. The Bertz CT molecular complexity index is 680. The SMILES string of the molecule is CCc1ccc(CNS(=O)(=O)c2ccc(CO)cn2)cc1. The van der Waals surface area contributed by atoms with Crippen LogP contribution >= 0.6 is 0 Å². The molecule has 1 aromatic heterocycles. The van der Waals surface area contributed by atoms with Crippen molar-refractivity contribution in [2.75, 3.05) is 0 Å². The molecule has 0 saturated carbocycles. The molecule has 0 aliphatic carbocycles. The predicted octanol–water partition coefficient (Wildman–Crippen LogP) is 1.61. The number of nitrogens with zero attached hydrogens (tertiary/aromatic N) is 1. The van der Waals surface area contributed by atoms with Gasteiger partial charge in [0.2, 0.25) is 0 Å². The zero-order chi connectivity index (χ0) is 15.3. The van der Waals surface area contributed by atoms with Crippen molar-refractivity contribution in [1.29, 1.82) is 0 Å². The second-order valence-corrected chi connectivity index (χ2v) is 6.37. The van der Waals surface area contributed by atoms with Gasteiger partial charge in [-0.25, -0.2) is 18.1 Å². The van der Waals surface area contributed by atoms with Gasteiger partial charge in [0.25, 0.3) is 10.0 Å². The number of pyridine rings is 1. The molecule has 0 aliphatic rings. The first-order valence-corrected chi connectivity index (χ1v) is 8.16. The van der Waals surface area contributed by atoms with E-state index in [0.717, 1.165) is 12.0 Å². The molecule has 21 heavy (non-hydrogen) atoms. The molecule has 0 unspecified atom stereocenters. The summed E-state index contributed by atoms with van der Waals surface area (Å²) in [5.41, 5.74) is 2.68. The zero-order valence-corrected chi connectivity index (χ0v) is 12.6. The quantitative estimate of drug-likeness (QED) is 0.850. The second-order valence-electron chi connectivity index (χ2n) is 4.66. The molecular weight excluding hydrogens is 288 g/mol. The number of aliphatic hydroxyl groups is 1. The summed E-state index contributed by atoms with van der Waals surface area (Å²) in [6.45, 7) is 2.12. The Labute approximate surface area is 124 Å². The third kappa shape index (κ3) is 4.10. The molecule has 2 rings (SSSR count). The smallest absolute Gasteiger partial charge is 0.258 e. The van der Waals surface area contributed by atoms with Crippen LogP contribution in [0.5, 0.6) is 0 Å². The third-order valence-corrected chi connectivity index (χ3v) is 4.47. The minimum absolute atomic E-state index is 0.0510. The highest BCUT2D eigenvalue weighted by atomic mass is 32.2. The van der Waals surface area contributed by atoms with Crippen molar-refractivity contribution in [3.63, 3.8) is 0 Å². The summed E-state index contributed by atoms with van der Waals surface area (Å²) in [5, 5.41) is 8.87. The van der Waals surface area contributed by atoms with E-state index < -0.39 is 10.0 Å². The molecule has 0 amide bonds. The van der Waals surface area contributed by atoms with Gasteiger partial charge >= 0.3 is 0 Å². The summed E-state index contributed by atoms with van der Waals surface area (Å²) in [5.74, 6) is 0. The summed E-state index contributed by atoms with van der Waals surface area (Å²) in [4.78, 5) is 3.85. The fourth-order valence-corrected chi connectivity index (χ4v) is 2.75. The molecule has 0 aliphatic heterocycles. The third-order valence-electron chi connectivity index (χ3n) is 3.15. The maximum absolute atomic E-state index is 12.1. The van der Waals surface area contributed by atoms with Gasteiger partial charge in [0.15, 0.2) is 5.03 Å². The van der Waals surface area contributed by atoms with Crippen LogP contribution < -0.4 is 4.72 Å². The van der Waals surface area contributed by atoms with Gasteiger partial charge in [0, 0.05) is 12.7 Å². The van der Waals surface area contributed by atoms with Gasteiger partial charge in [0.05, 0.1) is 6.61 Å². The first-order chi connectivity index (χ1) is 10.0. The van der Waals surface area contributed by atoms with E-state index in [1.807, 2.05) is 24.3 Å². The molecule has 0 spiro atoms. The van der Waals surface area contributed by atoms with Gasteiger partial charge in [-0.05, 0) is 29.2 Å². The van der Waals surface area contributed by atoms with Crippen LogP contribution in [0.2, 0.25) is 0 Å². The Balaban J connectivity index is 2.05. The van der Waals surface area contributed by atoms with Crippen LogP contribution in [0.25, 0.3) is 0 Å². The van der Waals surface area contributed by atoms with Crippen molar-refractivity contribution in [3.05, 3.63) is 59.3 Å². The number of benzene rings is 1. The zero-order valence-electron chi connectivity index (χ0n) is 11.8. The highest BCUT2D eigenvalue weighted by Crippen LogP contribution is 2.09. The molecular formula is C15H18N2O3S. The minimum Gasteiger partial charge on any atom is -0.392 e. The van der Waals surface area contributed by atoms with Crippen LogP contribution in [0.15, 0.2) is 47.6 Å². The molecule has 0 radical (unpaired) electrons. The van der Waals surface area contributed by atoms with Gasteiger partial charge in [-0.2, -0.15) is 0 Å². The molecule has 2 aromatic rings. The van der Waals surface area contributed by atoms with E-state index >= 15 is 0 Å². The number of sulfonamides is 1. The molecule has 0 atom stereocenters. The van der Waals surface area contributed by atoms with Gasteiger partial charge < -0.3 is 5.11 Å². The van der Waals surface area contributed by atoms with Crippen molar-refractivity contribution >= 4 is 10.0 Å². The number of hydrogen-bond donors (Lipinski definition) is 2. The van der Waals surface area contributed by atoms with E-state index in [9.17, 15) is 8.42 Å². The lowest BCUT2D eigenvalue weighted by Gasteiger charge is -2.07.